The molecule has 1 aromatic carbocycles. The van der Waals surface area contributed by atoms with Crippen molar-refractivity contribution in [3.63, 3.8) is 0 Å². The van der Waals surface area contributed by atoms with Gasteiger partial charge in [0, 0.05) is 5.56 Å². The molecule has 3 unspecified atom stereocenters. The van der Waals surface area contributed by atoms with Crippen LogP contribution in [0.3, 0.4) is 0 Å². The number of benzene rings is 1. The Labute approximate surface area is 148 Å². The fourth-order valence-corrected chi connectivity index (χ4v) is 3.12. The van der Waals surface area contributed by atoms with E-state index in [4.69, 9.17) is 24.0 Å². The molecule has 3 heterocycles. The second-order valence-corrected chi connectivity index (χ2v) is 6.41. The Balaban J connectivity index is 1.53. The van der Waals surface area contributed by atoms with Gasteiger partial charge in [0.25, 0.3) is 5.79 Å². The average Bonchev–Trinajstić information content (AvgIpc) is 2.64. The topological polar surface area (TPSA) is 127 Å². The Morgan fingerprint density at radius 3 is 2.58 bits per heavy atom. The van der Waals surface area contributed by atoms with E-state index in [2.05, 4.69) is 0 Å². The summed E-state index contributed by atoms with van der Waals surface area (Å²) in [4.78, 5) is 9.98. The number of hydrogen-bond acceptors (Lipinski definition) is 9. The maximum atomic E-state index is 10.2. The Kier molecular flexibility index (Phi) is 4.71. The minimum Gasteiger partial charge on any atom is -0.480 e. The van der Waals surface area contributed by atoms with E-state index >= 15 is 0 Å². The quantitative estimate of drug-likeness (QED) is 0.492. The lowest BCUT2D eigenvalue weighted by Crippen LogP contribution is -2.66. The molecule has 26 heavy (non-hydrogen) atoms. The third-order valence-electron chi connectivity index (χ3n) is 4.68. The standard InChI is InChI=1S/C17H20O9/c18-7-11-13(19)14(20)15(21)16(24-11)25-17(8-22-26-17)12-6-5-9-3-1-2-4-10(9)23-12/h1-6,11-16,18-21H,7-8H2/t11-,12?,13+,14+,15-,16?,17?/m1/s1. The average molecular weight is 368 g/mol. The van der Waals surface area contributed by atoms with Crippen LogP contribution in [0.5, 0.6) is 5.75 Å². The van der Waals surface area contributed by atoms with Crippen molar-refractivity contribution in [2.75, 3.05) is 13.2 Å². The number of aliphatic hydroxyl groups is 4. The van der Waals surface area contributed by atoms with Crippen LogP contribution in [0, 0.1) is 0 Å². The molecule has 0 aromatic heterocycles. The van der Waals surface area contributed by atoms with E-state index in [1.807, 2.05) is 24.3 Å². The number of fused-ring (bicyclic) bond motifs is 1. The number of hydrogen-bond donors (Lipinski definition) is 4. The molecule has 0 radical (unpaired) electrons. The zero-order chi connectivity index (χ0) is 18.3. The summed E-state index contributed by atoms with van der Waals surface area (Å²) in [6, 6.07) is 7.41. The van der Waals surface area contributed by atoms with E-state index in [0.29, 0.717) is 5.75 Å². The van der Waals surface area contributed by atoms with Crippen LogP contribution in [0.25, 0.3) is 6.08 Å². The molecule has 0 saturated carbocycles. The molecule has 142 valence electrons. The monoisotopic (exact) mass is 368 g/mol. The highest BCUT2D eigenvalue weighted by atomic mass is 17.3. The molecule has 4 rings (SSSR count). The van der Waals surface area contributed by atoms with E-state index in [9.17, 15) is 20.4 Å². The van der Waals surface area contributed by atoms with Crippen molar-refractivity contribution in [2.24, 2.45) is 0 Å². The van der Waals surface area contributed by atoms with Crippen LogP contribution in [-0.4, -0.2) is 76.2 Å². The van der Waals surface area contributed by atoms with Gasteiger partial charge < -0.3 is 34.6 Å². The van der Waals surface area contributed by atoms with Crippen LogP contribution in [0.4, 0.5) is 0 Å². The zero-order valence-electron chi connectivity index (χ0n) is 13.7. The molecule has 3 aliphatic rings. The Morgan fingerprint density at radius 2 is 1.88 bits per heavy atom. The van der Waals surface area contributed by atoms with Gasteiger partial charge in [-0.25, -0.2) is 4.89 Å². The van der Waals surface area contributed by atoms with Crippen molar-refractivity contribution in [1.82, 2.24) is 0 Å². The van der Waals surface area contributed by atoms with Gasteiger partial charge in [0.2, 0.25) is 0 Å². The van der Waals surface area contributed by atoms with Crippen LogP contribution in [0.15, 0.2) is 30.3 Å². The van der Waals surface area contributed by atoms with Crippen molar-refractivity contribution in [1.29, 1.82) is 0 Å². The van der Waals surface area contributed by atoms with Gasteiger partial charge >= 0.3 is 0 Å². The minimum atomic E-state index is -1.55. The van der Waals surface area contributed by atoms with Gasteiger partial charge in [0.05, 0.1) is 6.61 Å². The number of para-hydroxylation sites is 1. The summed E-state index contributed by atoms with van der Waals surface area (Å²) in [5, 5.41) is 39.2. The Hall–Kier alpha value is -1.56. The third-order valence-corrected chi connectivity index (χ3v) is 4.68. The second kappa shape index (κ2) is 6.87. The first kappa shape index (κ1) is 17.8. The van der Waals surface area contributed by atoms with E-state index in [1.165, 1.54) is 0 Å². The van der Waals surface area contributed by atoms with Crippen molar-refractivity contribution in [3.8, 4) is 5.75 Å². The van der Waals surface area contributed by atoms with Gasteiger partial charge in [0.15, 0.2) is 12.4 Å². The summed E-state index contributed by atoms with van der Waals surface area (Å²) in [5.74, 6) is -0.773. The Morgan fingerprint density at radius 1 is 1.12 bits per heavy atom. The molecule has 0 spiro atoms. The van der Waals surface area contributed by atoms with Gasteiger partial charge in [-0.1, -0.05) is 24.3 Å². The molecule has 0 bridgehead atoms. The van der Waals surface area contributed by atoms with Crippen molar-refractivity contribution < 1.29 is 44.4 Å². The summed E-state index contributed by atoms with van der Waals surface area (Å²) >= 11 is 0. The number of rotatable bonds is 4. The van der Waals surface area contributed by atoms with Gasteiger partial charge in [-0.05, 0) is 12.1 Å². The van der Waals surface area contributed by atoms with Crippen molar-refractivity contribution in [3.05, 3.63) is 35.9 Å². The summed E-state index contributed by atoms with van der Waals surface area (Å²) in [6.45, 7) is -0.554. The normalized spacial score (nSPS) is 41.8. The lowest BCUT2D eigenvalue weighted by Gasteiger charge is -2.48. The molecule has 3 aliphatic heterocycles. The minimum absolute atomic E-state index is 0.000800. The van der Waals surface area contributed by atoms with E-state index in [-0.39, 0.29) is 6.61 Å². The van der Waals surface area contributed by atoms with E-state index < -0.39 is 49.2 Å². The summed E-state index contributed by atoms with van der Waals surface area (Å²) < 4.78 is 17.0. The molecular weight excluding hydrogens is 348 g/mol. The highest BCUT2D eigenvalue weighted by molar-refractivity contribution is 5.60. The Bertz CT molecular complexity index is 672. The molecule has 2 fully saturated rings. The molecule has 4 N–H and O–H groups in total. The number of aliphatic hydroxyl groups excluding tert-OH is 4. The maximum Gasteiger partial charge on any atom is 0.271 e. The van der Waals surface area contributed by atoms with Crippen LogP contribution >= 0.6 is 0 Å². The lowest BCUT2D eigenvalue weighted by atomic mass is 9.98. The third kappa shape index (κ3) is 2.92. The van der Waals surface area contributed by atoms with Crippen LogP contribution in [0.2, 0.25) is 0 Å². The molecule has 7 atom stereocenters. The largest absolute Gasteiger partial charge is 0.480 e. The van der Waals surface area contributed by atoms with Gasteiger partial charge in [0.1, 0.15) is 36.8 Å². The molecular formula is C17H20O9. The fourth-order valence-electron chi connectivity index (χ4n) is 3.12. The molecule has 2 saturated heterocycles. The summed E-state index contributed by atoms with van der Waals surface area (Å²) in [5.41, 5.74) is 0.895. The van der Waals surface area contributed by atoms with E-state index in [1.54, 1.807) is 12.1 Å². The first-order valence-corrected chi connectivity index (χ1v) is 8.27. The van der Waals surface area contributed by atoms with E-state index in [0.717, 1.165) is 5.56 Å². The smallest absolute Gasteiger partial charge is 0.271 e. The van der Waals surface area contributed by atoms with Gasteiger partial charge in [-0.2, -0.15) is 4.89 Å². The molecule has 0 amide bonds. The lowest BCUT2D eigenvalue weighted by molar-refractivity contribution is -0.567. The van der Waals surface area contributed by atoms with Crippen molar-refractivity contribution in [2.45, 2.75) is 42.6 Å². The van der Waals surface area contributed by atoms with Crippen LogP contribution in [0.1, 0.15) is 5.56 Å². The fraction of sp³-hybridized carbons (Fsp3) is 0.529. The zero-order valence-corrected chi connectivity index (χ0v) is 13.7. The molecule has 9 heteroatoms. The SMILES string of the molecule is OC[C@H]1OC(OC2(C3C=Cc4ccccc4O3)COO2)[C@H](O)[C@@H](O)[C@H]1O. The van der Waals surface area contributed by atoms with Crippen molar-refractivity contribution >= 4 is 6.08 Å². The highest BCUT2D eigenvalue weighted by Crippen LogP contribution is 2.38. The molecule has 0 aliphatic carbocycles. The predicted molar refractivity (Wildman–Crippen MR) is 84.5 cm³/mol. The second-order valence-electron chi connectivity index (χ2n) is 6.41. The molecule has 9 nitrogen and oxygen atoms in total. The van der Waals surface area contributed by atoms with Crippen LogP contribution in [-0.2, 0) is 19.2 Å². The first-order valence-electron chi connectivity index (χ1n) is 8.27. The summed E-state index contributed by atoms with van der Waals surface area (Å²) in [7, 11) is 0. The summed E-state index contributed by atoms with van der Waals surface area (Å²) in [6.07, 6.45) is -4.12. The van der Waals surface area contributed by atoms with Crippen LogP contribution < -0.4 is 4.74 Å². The predicted octanol–water partition coefficient (Wildman–Crippen LogP) is -1.06. The highest BCUT2D eigenvalue weighted by Gasteiger charge is 2.56. The maximum absolute atomic E-state index is 10.2. The first-order chi connectivity index (χ1) is 12.5. The molecule has 1 aromatic rings. The van der Waals surface area contributed by atoms with Gasteiger partial charge in [-0.15, -0.1) is 0 Å². The van der Waals surface area contributed by atoms with Gasteiger partial charge in [-0.3, -0.25) is 0 Å². The number of ether oxygens (including phenoxy) is 3.